The van der Waals surface area contributed by atoms with Crippen molar-refractivity contribution < 1.29 is 4.74 Å². The second kappa shape index (κ2) is 12.0. The van der Waals surface area contributed by atoms with Crippen LogP contribution in [0.25, 0.3) is 0 Å². The number of methoxy groups -OCH3 is 1. The first-order valence-corrected chi connectivity index (χ1v) is 6.27. The van der Waals surface area contributed by atoms with Gasteiger partial charge in [0, 0.05) is 26.8 Å². The zero-order valence-electron chi connectivity index (χ0n) is 10.7. The predicted octanol–water partition coefficient (Wildman–Crippen LogP) is 1.73. The number of nitrogens with zero attached hydrogens (tertiary/aromatic N) is 1. The Balaban J connectivity index is 3.22. The molecule has 0 spiro atoms. The molecule has 0 radical (unpaired) electrons. The minimum Gasteiger partial charge on any atom is -0.385 e. The van der Waals surface area contributed by atoms with Gasteiger partial charge in [0.2, 0.25) is 0 Å². The van der Waals surface area contributed by atoms with Crippen molar-refractivity contribution in [2.75, 3.05) is 46.4 Å². The summed E-state index contributed by atoms with van der Waals surface area (Å²) >= 11 is 0. The van der Waals surface area contributed by atoms with Crippen LogP contribution in [-0.2, 0) is 4.74 Å². The summed E-state index contributed by atoms with van der Waals surface area (Å²) in [5.74, 6) is 0. The highest BCUT2D eigenvalue weighted by molar-refractivity contribution is 4.57. The van der Waals surface area contributed by atoms with Crippen molar-refractivity contribution >= 4 is 0 Å². The van der Waals surface area contributed by atoms with Crippen molar-refractivity contribution in [3.05, 3.63) is 0 Å². The maximum Gasteiger partial charge on any atom is 0.0474 e. The molecular weight excluding hydrogens is 188 g/mol. The smallest absolute Gasteiger partial charge is 0.0474 e. The van der Waals surface area contributed by atoms with E-state index in [9.17, 15) is 0 Å². The standard InChI is InChI=1S/C12H28N2O/c1-4-6-10-14(5-2)11-9-13-8-7-12-15-3/h13H,4-12H2,1-3H3. The summed E-state index contributed by atoms with van der Waals surface area (Å²) in [7, 11) is 1.75. The monoisotopic (exact) mass is 216 g/mol. The van der Waals surface area contributed by atoms with Crippen molar-refractivity contribution in [3.63, 3.8) is 0 Å². The third-order valence-corrected chi connectivity index (χ3v) is 2.58. The van der Waals surface area contributed by atoms with E-state index in [1.54, 1.807) is 7.11 Å². The molecule has 3 nitrogen and oxygen atoms in total. The topological polar surface area (TPSA) is 24.5 Å². The van der Waals surface area contributed by atoms with Crippen molar-refractivity contribution in [1.29, 1.82) is 0 Å². The lowest BCUT2D eigenvalue weighted by atomic mass is 10.3. The highest BCUT2D eigenvalue weighted by Crippen LogP contribution is 1.93. The molecule has 0 bridgehead atoms. The van der Waals surface area contributed by atoms with Gasteiger partial charge in [0.1, 0.15) is 0 Å². The lowest BCUT2D eigenvalue weighted by molar-refractivity contribution is 0.193. The minimum absolute atomic E-state index is 0.861. The molecule has 0 unspecified atom stereocenters. The molecule has 0 heterocycles. The highest BCUT2D eigenvalue weighted by atomic mass is 16.5. The molecule has 0 aromatic carbocycles. The fraction of sp³-hybridized carbons (Fsp3) is 1.00. The molecule has 92 valence electrons. The lowest BCUT2D eigenvalue weighted by Gasteiger charge is -2.20. The van der Waals surface area contributed by atoms with Gasteiger partial charge in [-0.1, -0.05) is 20.3 Å². The SMILES string of the molecule is CCCCN(CC)CCNCCCOC. The predicted molar refractivity (Wildman–Crippen MR) is 66.4 cm³/mol. The molecule has 0 aliphatic rings. The van der Waals surface area contributed by atoms with Gasteiger partial charge in [0.05, 0.1) is 0 Å². The van der Waals surface area contributed by atoms with Gasteiger partial charge in [-0.05, 0) is 32.5 Å². The normalized spacial score (nSPS) is 11.2. The Morgan fingerprint density at radius 2 is 1.87 bits per heavy atom. The van der Waals surface area contributed by atoms with E-state index < -0.39 is 0 Å². The van der Waals surface area contributed by atoms with Crippen molar-refractivity contribution in [3.8, 4) is 0 Å². The van der Waals surface area contributed by atoms with Crippen LogP contribution in [0.15, 0.2) is 0 Å². The molecule has 0 saturated carbocycles. The Morgan fingerprint density at radius 1 is 1.07 bits per heavy atom. The first-order chi connectivity index (χ1) is 7.35. The van der Waals surface area contributed by atoms with E-state index in [0.717, 1.165) is 26.1 Å². The summed E-state index contributed by atoms with van der Waals surface area (Å²) < 4.78 is 4.99. The number of nitrogens with one attached hydrogen (secondary N) is 1. The third kappa shape index (κ3) is 10.2. The molecular formula is C12H28N2O. The molecule has 0 aliphatic carbocycles. The van der Waals surface area contributed by atoms with Crippen LogP contribution in [0.3, 0.4) is 0 Å². The number of ether oxygens (including phenoxy) is 1. The van der Waals surface area contributed by atoms with E-state index in [1.807, 2.05) is 0 Å². The molecule has 0 aliphatic heterocycles. The molecule has 0 rings (SSSR count). The molecule has 0 aromatic rings. The number of likely N-dealkylation sites (N-methyl/N-ethyl adjacent to an activating group) is 1. The largest absolute Gasteiger partial charge is 0.385 e. The Morgan fingerprint density at radius 3 is 2.47 bits per heavy atom. The van der Waals surface area contributed by atoms with E-state index in [0.29, 0.717) is 0 Å². The van der Waals surface area contributed by atoms with Gasteiger partial charge in [-0.3, -0.25) is 0 Å². The molecule has 0 atom stereocenters. The molecule has 0 aromatic heterocycles. The minimum atomic E-state index is 0.861. The summed E-state index contributed by atoms with van der Waals surface area (Å²) in [6.07, 6.45) is 3.72. The number of unbranched alkanes of at least 4 members (excludes halogenated alkanes) is 1. The number of rotatable bonds is 11. The van der Waals surface area contributed by atoms with E-state index in [1.165, 1.54) is 32.5 Å². The number of hydrogen-bond acceptors (Lipinski definition) is 3. The first-order valence-electron chi connectivity index (χ1n) is 6.27. The van der Waals surface area contributed by atoms with Crippen molar-refractivity contribution in [2.45, 2.75) is 33.1 Å². The van der Waals surface area contributed by atoms with Crippen LogP contribution in [0, 0.1) is 0 Å². The average Bonchev–Trinajstić information content (AvgIpc) is 2.27. The second-order valence-corrected chi connectivity index (χ2v) is 3.88. The van der Waals surface area contributed by atoms with Crippen molar-refractivity contribution in [2.24, 2.45) is 0 Å². The van der Waals surface area contributed by atoms with Crippen LogP contribution < -0.4 is 5.32 Å². The quantitative estimate of drug-likeness (QED) is 0.532. The van der Waals surface area contributed by atoms with Gasteiger partial charge < -0.3 is 15.0 Å². The molecule has 3 heteroatoms. The van der Waals surface area contributed by atoms with Crippen LogP contribution in [0.5, 0.6) is 0 Å². The van der Waals surface area contributed by atoms with Gasteiger partial charge >= 0.3 is 0 Å². The van der Waals surface area contributed by atoms with Gasteiger partial charge in [-0.2, -0.15) is 0 Å². The van der Waals surface area contributed by atoms with E-state index in [-0.39, 0.29) is 0 Å². The summed E-state index contributed by atoms with van der Waals surface area (Å²) in [6.45, 7) is 11.1. The first kappa shape index (κ1) is 14.9. The summed E-state index contributed by atoms with van der Waals surface area (Å²) in [4.78, 5) is 2.51. The molecule has 15 heavy (non-hydrogen) atoms. The van der Waals surface area contributed by atoms with Crippen LogP contribution in [-0.4, -0.2) is 51.3 Å². The Labute approximate surface area is 95.2 Å². The zero-order chi connectivity index (χ0) is 11.4. The molecule has 0 saturated heterocycles. The second-order valence-electron chi connectivity index (χ2n) is 3.88. The van der Waals surface area contributed by atoms with Gasteiger partial charge in [-0.15, -0.1) is 0 Å². The summed E-state index contributed by atoms with van der Waals surface area (Å²) in [5.41, 5.74) is 0. The summed E-state index contributed by atoms with van der Waals surface area (Å²) in [5, 5.41) is 3.44. The summed E-state index contributed by atoms with van der Waals surface area (Å²) in [6, 6.07) is 0. The average molecular weight is 216 g/mol. The Kier molecular flexibility index (Phi) is 11.9. The Hall–Kier alpha value is -0.120. The fourth-order valence-corrected chi connectivity index (χ4v) is 1.51. The van der Waals surface area contributed by atoms with Crippen molar-refractivity contribution in [1.82, 2.24) is 10.2 Å². The van der Waals surface area contributed by atoms with Gasteiger partial charge in [0.15, 0.2) is 0 Å². The van der Waals surface area contributed by atoms with E-state index in [4.69, 9.17) is 4.74 Å². The highest BCUT2D eigenvalue weighted by Gasteiger charge is 1.99. The van der Waals surface area contributed by atoms with E-state index >= 15 is 0 Å². The molecule has 0 fully saturated rings. The van der Waals surface area contributed by atoms with Crippen LogP contribution >= 0.6 is 0 Å². The van der Waals surface area contributed by atoms with Crippen LogP contribution in [0.2, 0.25) is 0 Å². The maximum absolute atomic E-state index is 4.99. The Bertz CT molecular complexity index is 120. The molecule has 0 amide bonds. The maximum atomic E-state index is 4.99. The van der Waals surface area contributed by atoms with E-state index in [2.05, 4.69) is 24.1 Å². The zero-order valence-corrected chi connectivity index (χ0v) is 10.7. The third-order valence-electron chi connectivity index (χ3n) is 2.58. The van der Waals surface area contributed by atoms with Crippen LogP contribution in [0.4, 0.5) is 0 Å². The van der Waals surface area contributed by atoms with Gasteiger partial charge in [-0.25, -0.2) is 0 Å². The van der Waals surface area contributed by atoms with Crippen LogP contribution in [0.1, 0.15) is 33.1 Å². The lowest BCUT2D eigenvalue weighted by Crippen LogP contribution is -2.33. The fourth-order valence-electron chi connectivity index (χ4n) is 1.51. The van der Waals surface area contributed by atoms with Gasteiger partial charge in [0.25, 0.3) is 0 Å². The molecule has 1 N–H and O–H groups in total. The number of hydrogen-bond donors (Lipinski definition) is 1.